The number of hydrogen-bond donors (Lipinski definition) is 1. The van der Waals surface area contributed by atoms with Gasteiger partial charge in [-0.3, -0.25) is 14.5 Å². The Morgan fingerprint density at radius 1 is 0.971 bits per heavy atom. The number of piperazine rings is 1. The third-order valence-corrected chi connectivity index (χ3v) is 7.36. The molecule has 1 aromatic carbocycles. The summed E-state index contributed by atoms with van der Waals surface area (Å²) < 4.78 is 5.40. The summed E-state index contributed by atoms with van der Waals surface area (Å²) in [6.07, 6.45) is 0. The summed E-state index contributed by atoms with van der Waals surface area (Å²) in [5, 5.41) is 10.8. The molecule has 174 valence electrons. The highest BCUT2D eigenvalue weighted by molar-refractivity contribution is 7.13. The number of carbonyl (C=O) groups excluding carboxylic acids is 2. The van der Waals surface area contributed by atoms with Crippen molar-refractivity contribution in [2.45, 2.75) is 13.1 Å². The fraction of sp³-hybridized carbons (Fsp3) is 0.250. The van der Waals surface area contributed by atoms with Crippen LogP contribution in [0.25, 0.3) is 10.7 Å². The van der Waals surface area contributed by atoms with E-state index < -0.39 is 0 Å². The summed E-state index contributed by atoms with van der Waals surface area (Å²) >= 11 is 2.99. The minimum Gasteiger partial charge on any atom is -0.347 e. The number of nitrogens with zero attached hydrogens (tertiary/aromatic N) is 4. The molecule has 1 saturated heterocycles. The largest absolute Gasteiger partial charge is 0.347 e. The van der Waals surface area contributed by atoms with Crippen molar-refractivity contribution in [2.75, 3.05) is 26.2 Å². The van der Waals surface area contributed by atoms with Gasteiger partial charge in [-0.2, -0.15) is 4.98 Å². The zero-order valence-corrected chi connectivity index (χ0v) is 20.0. The van der Waals surface area contributed by atoms with Crippen molar-refractivity contribution in [1.29, 1.82) is 0 Å². The first-order valence-corrected chi connectivity index (χ1v) is 12.7. The first-order valence-electron chi connectivity index (χ1n) is 10.9. The molecule has 0 aliphatic carbocycles. The summed E-state index contributed by atoms with van der Waals surface area (Å²) in [6.45, 7) is 3.78. The molecule has 10 heteroatoms. The van der Waals surface area contributed by atoms with E-state index in [1.54, 1.807) is 17.4 Å². The molecule has 0 bridgehead atoms. The maximum absolute atomic E-state index is 12.9. The first kappa shape index (κ1) is 22.5. The molecule has 0 saturated carbocycles. The Kier molecular flexibility index (Phi) is 6.79. The molecule has 1 aliphatic heterocycles. The van der Waals surface area contributed by atoms with Gasteiger partial charge < -0.3 is 14.7 Å². The zero-order chi connectivity index (χ0) is 23.3. The van der Waals surface area contributed by atoms with Crippen LogP contribution in [0.4, 0.5) is 0 Å². The van der Waals surface area contributed by atoms with Crippen LogP contribution in [0.1, 0.15) is 31.5 Å². The Morgan fingerprint density at radius 3 is 2.44 bits per heavy atom. The number of hydrogen-bond acceptors (Lipinski definition) is 8. The van der Waals surface area contributed by atoms with Gasteiger partial charge in [0.1, 0.15) is 0 Å². The van der Waals surface area contributed by atoms with E-state index in [1.807, 2.05) is 58.1 Å². The lowest BCUT2D eigenvalue weighted by Crippen LogP contribution is -2.48. The third-order valence-electron chi connectivity index (χ3n) is 5.63. The highest BCUT2D eigenvalue weighted by atomic mass is 32.1. The summed E-state index contributed by atoms with van der Waals surface area (Å²) in [6, 6.07) is 15.0. The second kappa shape index (κ2) is 10.3. The Balaban J connectivity index is 1.10. The lowest BCUT2D eigenvalue weighted by Gasteiger charge is -2.34. The molecular formula is C24H23N5O3S2. The maximum Gasteiger partial charge on any atom is 0.261 e. The van der Waals surface area contributed by atoms with Crippen LogP contribution in [0.3, 0.4) is 0 Å². The standard InChI is InChI=1S/C24H23N5O3S2/c30-23(20-4-2-14-34-20)25-15-17-5-7-18(8-6-17)24(31)29-11-9-28(10-12-29)16-21-26-22(27-32-21)19-3-1-13-33-19/h1-8,13-14H,9-12,15-16H2,(H,25,30). The van der Waals surface area contributed by atoms with Gasteiger partial charge in [0.05, 0.1) is 16.3 Å². The van der Waals surface area contributed by atoms with Gasteiger partial charge in [0.2, 0.25) is 11.7 Å². The lowest BCUT2D eigenvalue weighted by molar-refractivity contribution is 0.0615. The van der Waals surface area contributed by atoms with Crippen molar-refractivity contribution in [3.8, 4) is 10.7 Å². The van der Waals surface area contributed by atoms with E-state index in [2.05, 4.69) is 20.4 Å². The van der Waals surface area contributed by atoms with Crippen LogP contribution in [-0.2, 0) is 13.1 Å². The second-order valence-corrected chi connectivity index (χ2v) is 9.81. The molecular weight excluding hydrogens is 470 g/mol. The van der Waals surface area contributed by atoms with Crippen LogP contribution >= 0.6 is 22.7 Å². The number of nitrogens with one attached hydrogen (secondary N) is 1. The summed E-state index contributed by atoms with van der Waals surface area (Å²) in [7, 11) is 0. The van der Waals surface area contributed by atoms with E-state index in [4.69, 9.17) is 4.52 Å². The topological polar surface area (TPSA) is 91.6 Å². The van der Waals surface area contributed by atoms with Crippen LogP contribution in [0.5, 0.6) is 0 Å². The SMILES string of the molecule is O=C(NCc1ccc(C(=O)N2CCN(Cc3nc(-c4cccs4)no3)CC2)cc1)c1cccs1. The van der Waals surface area contributed by atoms with Gasteiger partial charge in [-0.05, 0) is 40.6 Å². The lowest BCUT2D eigenvalue weighted by atomic mass is 10.1. The van der Waals surface area contributed by atoms with E-state index in [9.17, 15) is 9.59 Å². The Hall–Kier alpha value is -3.34. The molecule has 0 atom stereocenters. The van der Waals surface area contributed by atoms with E-state index in [-0.39, 0.29) is 11.8 Å². The van der Waals surface area contributed by atoms with Crippen LogP contribution in [0.2, 0.25) is 0 Å². The minimum absolute atomic E-state index is 0.0200. The van der Waals surface area contributed by atoms with E-state index in [0.717, 1.165) is 23.5 Å². The van der Waals surface area contributed by atoms with Crippen LogP contribution in [0.15, 0.2) is 63.8 Å². The van der Waals surface area contributed by atoms with Crippen molar-refractivity contribution in [1.82, 2.24) is 25.3 Å². The summed E-state index contributed by atoms with van der Waals surface area (Å²) in [4.78, 5) is 35.3. The van der Waals surface area contributed by atoms with Gasteiger partial charge in [-0.1, -0.05) is 29.4 Å². The molecule has 1 fully saturated rings. The molecule has 8 nitrogen and oxygen atoms in total. The summed E-state index contributed by atoms with van der Waals surface area (Å²) in [5.74, 6) is 1.14. The highest BCUT2D eigenvalue weighted by Crippen LogP contribution is 2.22. The fourth-order valence-electron chi connectivity index (χ4n) is 3.75. The van der Waals surface area contributed by atoms with Crippen LogP contribution < -0.4 is 5.32 Å². The number of aromatic nitrogens is 2. The number of rotatable bonds is 7. The zero-order valence-electron chi connectivity index (χ0n) is 18.3. The van der Waals surface area contributed by atoms with Crippen molar-refractivity contribution < 1.29 is 14.1 Å². The van der Waals surface area contributed by atoms with Gasteiger partial charge >= 0.3 is 0 Å². The minimum atomic E-state index is -0.0868. The first-order chi connectivity index (χ1) is 16.7. The number of thiophene rings is 2. The second-order valence-electron chi connectivity index (χ2n) is 7.91. The van der Waals surface area contributed by atoms with Crippen LogP contribution in [0, 0.1) is 0 Å². The monoisotopic (exact) mass is 493 g/mol. The van der Waals surface area contributed by atoms with Crippen molar-refractivity contribution >= 4 is 34.5 Å². The molecule has 3 aromatic heterocycles. The molecule has 0 radical (unpaired) electrons. The van der Waals surface area contributed by atoms with E-state index in [0.29, 0.717) is 48.3 Å². The van der Waals surface area contributed by atoms with Gasteiger partial charge in [-0.25, -0.2) is 0 Å². The summed E-state index contributed by atoms with van der Waals surface area (Å²) in [5.41, 5.74) is 1.60. The average Bonchev–Trinajstić information content (AvgIpc) is 3.66. The molecule has 0 unspecified atom stereocenters. The van der Waals surface area contributed by atoms with E-state index in [1.165, 1.54) is 11.3 Å². The third kappa shape index (κ3) is 5.24. The molecule has 5 rings (SSSR count). The Morgan fingerprint density at radius 2 is 1.74 bits per heavy atom. The Labute approximate surface area is 204 Å². The van der Waals surface area contributed by atoms with Crippen molar-refractivity contribution in [2.24, 2.45) is 0 Å². The predicted octanol–water partition coefficient (Wildman–Crippen LogP) is 3.75. The molecule has 0 spiro atoms. The molecule has 4 aromatic rings. The molecule has 1 aliphatic rings. The van der Waals surface area contributed by atoms with Gasteiger partial charge in [0.15, 0.2) is 0 Å². The van der Waals surface area contributed by atoms with Gasteiger partial charge in [0, 0.05) is 38.3 Å². The fourth-order valence-corrected chi connectivity index (χ4v) is 5.04. The van der Waals surface area contributed by atoms with Crippen LogP contribution in [-0.4, -0.2) is 57.9 Å². The molecule has 34 heavy (non-hydrogen) atoms. The highest BCUT2D eigenvalue weighted by Gasteiger charge is 2.23. The predicted molar refractivity (Wildman–Crippen MR) is 131 cm³/mol. The van der Waals surface area contributed by atoms with Gasteiger partial charge in [-0.15, -0.1) is 22.7 Å². The van der Waals surface area contributed by atoms with Crippen molar-refractivity contribution in [3.63, 3.8) is 0 Å². The molecule has 4 heterocycles. The van der Waals surface area contributed by atoms with Crippen molar-refractivity contribution in [3.05, 3.63) is 81.2 Å². The number of amides is 2. The number of carbonyl (C=O) groups is 2. The molecule has 1 N–H and O–H groups in total. The smallest absolute Gasteiger partial charge is 0.261 e. The average molecular weight is 494 g/mol. The normalized spacial score (nSPS) is 14.3. The van der Waals surface area contributed by atoms with E-state index >= 15 is 0 Å². The molecule has 2 amide bonds. The Bertz CT molecular complexity index is 1230. The van der Waals surface area contributed by atoms with Gasteiger partial charge in [0.25, 0.3) is 11.8 Å². The maximum atomic E-state index is 12.9. The quantitative estimate of drug-likeness (QED) is 0.422. The number of benzene rings is 1.